The smallest absolute Gasteiger partial charge is 0.0991 e. The van der Waals surface area contributed by atoms with E-state index in [1.807, 2.05) is 6.07 Å². The minimum Gasteiger partial charge on any atom is -0.308 e. The zero-order valence-corrected chi connectivity index (χ0v) is 13.8. The molecule has 104 valence electrons. The van der Waals surface area contributed by atoms with E-state index in [2.05, 4.69) is 26.1 Å². The summed E-state index contributed by atoms with van der Waals surface area (Å²) in [4.78, 5) is 0. The average Bonchev–Trinajstić information content (AvgIpc) is 2.64. The van der Waals surface area contributed by atoms with Gasteiger partial charge in [0.2, 0.25) is 0 Å². The third kappa shape index (κ3) is 5.48. The van der Waals surface area contributed by atoms with Crippen molar-refractivity contribution in [3.05, 3.63) is 20.3 Å². The Morgan fingerprint density at radius 1 is 1.22 bits per heavy atom. The summed E-state index contributed by atoms with van der Waals surface area (Å²) in [5.74, 6) is 0. The molecule has 0 bridgehead atoms. The number of rotatable bonds is 8. The van der Waals surface area contributed by atoms with E-state index in [1.165, 1.54) is 43.4 Å². The van der Waals surface area contributed by atoms with Crippen molar-refractivity contribution in [3.8, 4) is 0 Å². The van der Waals surface area contributed by atoms with E-state index >= 15 is 0 Å². The molecule has 1 aromatic heterocycles. The van der Waals surface area contributed by atoms with Crippen molar-refractivity contribution < 1.29 is 0 Å². The van der Waals surface area contributed by atoms with Crippen LogP contribution < -0.4 is 5.32 Å². The Bertz CT molecular complexity index is 352. The number of nitrogens with one attached hydrogen (secondary N) is 1. The molecule has 18 heavy (non-hydrogen) atoms. The molecular formula is C14H23Cl2NS. The van der Waals surface area contributed by atoms with Crippen molar-refractivity contribution in [1.29, 1.82) is 0 Å². The SMILES string of the molecule is CCCCCCC(C)NC(C)c1cc(Cl)sc1Cl. The lowest BCUT2D eigenvalue weighted by Crippen LogP contribution is -2.28. The van der Waals surface area contributed by atoms with E-state index in [-0.39, 0.29) is 6.04 Å². The number of hydrogen-bond acceptors (Lipinski definition) is 2. The van der Waals surface area contributed by atoms with E-state index in [0.717, 1.165) is 14.2 Å². The highest BCUT2D eigenvalue weighted by Crippen LogP contribution is 2.35. The van der Waals surface area contributed by atoms with Gasteiger partial charge in [-0.25, -0.2) is 0 Å². The molecule has 2 atom stereocenters. The molecule has 1 rings (SSSR count). The van der Waals surface area contributed by atoms with Crippen molar-refractivity contribution in [2.45, 2.75) is 65.0 Å². The first kappa shape index (κ1) is 16.3. The summed E-state index contributed by atoms with van der Waals surface area (Å²) >= 11 is 13.6. The summed E-state index contributed by atoms with van der Waals surface area (Å²) in [7, 11) is 0. The maximum absolute atomic E-state index is 6.16. The van der Waals surface area contributed by atoms with Crippen LogP contribution >= 0.6 is 34.5 Å². The van der Waals surface area contributed by atoms with Gasteiger partial charge in [0.25, 0.3) is 0 Å². The van der Waals surface area contributed by atoms with E-state index in [0.29, 0.717) is 6.04 Å². The Hall–Kier alpha value is 0.240. The Balaban J connectivity index is 2.35. The molecule has 0 saturated carbocycles. The van der Waals surface area contributed by atoms with Crippen molar-refractivity contribution in [3.63, 3.8) is 0 Å². The second-order valence-electron chi connectivity index (χ2n) is 4.92. The third-order valence-corrected chi connectivity index (χ3v) is 4.69. The molecule has 1 N–H and O–H groups in total. The van der Waals surface area contributed by atoms with Gasteiger partial charge in [-0.05, 0) is 31.9 Å². The monoisotopic (exact) mass is 307 g/mol. The highest BCUT2D eigenvalue weighted by atomic mass is 35.5. The van der Waals surface area contributed by atoms with Gasteiger partial charge >= 0.3 is 0 Å². The topological polar surface area (TPSA) is 12.0 Å². The normalized spacial score (nSPS) is 14.7. The average molecular weight is 308 g/mol. The summed E-state index contributed by atoms with van der Waals surface area (Å²) in [6, 6.07) is 2.75. The molecule has 0 aliphatic heterocycles. The highest BCUT2D eigenvalue weighted by Gasteiger charge is 2.15. The van der Waals surface area contributed by atoms with Gasteiger partial charge in [-0.15, -0.1) is 11.3 Å². The van der Waals surface area contributed by atoms with Gasteiger partial charge in [0.1, 0.15) is 0 Å². The number of halogens is 2. The van der Waals surface area contributed by atoms with Gasteiger partial charge in [-0.1, -0.05) is 55.8 Å². The summed E-state index contributed by atoms with van der Waals surface area (Å²) < 4.78 is 1.57. The Kier molecular flexibility index (Phi) is 7.62. The van der Waals surface area contributed by atoms with Crippen molar-refractivity contribution in [2.75, 3.05) is 0 Å². The molecular weight excluding hydrogens is 285 g/mol. The lowest BCUT2D eigenvalue weighted by molar-refractivity contribution is 0.438. The van der Waals surface area contributed by atoms with Crippen LogP contribution in [0.2, 0.25) is 8.67 Å². The van der Waals surface area contributed by atoms with Crippen LogP contribution in [-0.2, 0) is 0 Å². The first-order valence-corrected chi connectivity index (χ1v) is 8.32. The third-order valence-electron chi connectivity index (χ3n) is 3.17. The molecule has 0 radical (unpaired) electrons. The van der Waals surface area contributed by atoms with Gasteiger partial charge < -0.3 is 5.32 Å². The molecule has 0 saturated heterocycles. The summed E-state index contributed by atoms with van der Waals surface area (Å²) in [6.45, 7) is 6.63. The molecule has 1 heterocycles. The fourth-order valence-corrected chi connectivity index (χ4v) is 3.77. The lowest BCUT2D eigenvalue weighted by Gasteiger charge is -2.19. The number of unbranched alkanes of at least 4 members (excludes halogenated alkanes) is 3. The van der Waals surface area contributed by atoms with Crippen LogP contribution in [0.4, 0.5) is 0 Å². The minimum absolute atomic E-state index is 0.266. The molecule has 4 heteroatoms. The number of hydrogen-bond donors (Lipinski definition) is 1. The minimum atomic E-state index is 0.266. The van der Waals surface area contributed by atoms with Crippen molar-refractivity contribution in [2.24, 2.45) is 0 Å². The zero-order valence-electron chi connectivity index (χ0n) is 11.4. The van der Waals surface area contributed by atoms with Gasteiger partial charge in [-0.2, -0.15) is 0 Å². The van der Waals surface area contributed by atoms with Crippen molar-refractivity contribution >= 4 is 34.5 Å². The van der Waals surface area contributed by atoms with Gasteiger partial charge in [0.15, 0.2) is 0 Å². The van der Waals surface area contributed by atoms with E-state index in [4.69, 9.17) is 23.2 Å². The van der Waals surface area contributed by atoms with Crippen LogP contribution in [0.15, 0.2) is 6.07 Å². The van der Waals surface area contributed by atoms with Gasteiger partial charge in [0, 0.05) is 12.1 Å². The molecule has 0 fully saturated rings. The summed E-state index contributed by atoms with van der Waals surface area (Å²) in [6.07, 6.45) is 6.49. The van der Waals surface area contributed by atoms with E-state index < -0.39 is 0 Å². The molecule has 1 nitrogen and oxygen atoms in total. The largest absolute Gasteiger partial charge is 0.308 e. The Morgan fingerprint density at radius 3 is 2.50 bits per heavy atom. The van der Waals surface area contributed by atoms with Gasteiger partial charge in [0.05, 0.1) is 8.67 Å². The predicted octanol–water partition coefficient (Wildman–Crippen LogP) is 6.06. The molecule has 0 spiro atoms. The fraction of sp³-hybridized carbons (Fsp3) is 0.714. The second-order valence-corrected chi connectivity index (χ2v) is 7.20. The van der Waals surface area contributed by atoms with Gasteiger partial charge in [-0.3, -0.25) is 0 Å². The predicted molar refractivity (Wildman–Crippen MR) is 84.1 cm³/mol. The number of thiophene rings is 1. The van der Waals surface area contributed by atoms with Crippen LogP contribution in [0, 0.1) is 0 Å². The van der Waals surface area contributed by atoms with Crippen LogP contribution in [0.5, 0.6) is 0 Å². The molecule has 0 amide bonds. The molecule has 0 aliphatic rings. The van der Waals surface area contributed by atoms with Crippen LogP contribution in [0.25, 0.3) is 0 Å². The molecule has 2 unspecified atom stereocenters. The zero-order chi connectivity index (χ0) is 13.5. The molecule has 1 aromatic rings. The maximum atomic E-state index is 6.16. The second kappa shape index (κ2) is 8.42. The summed E-state index contributed by atoms with van der Waals surface area (Å²) in [5, 5.41) is 3.59. The standard InChI is InChI=1S/C14H23Cl2NS/c1-4-5-6-7-8-10(2)17-11(3)12-9-13(15)18-14(12)16/h9-11,17H,4-8H2,1-3H3. The highest BCUT2D eigenvalue weighted by molar-refractivity contribution is 7.20. The fourth-order valence-electron chi connectivity index (χ4n) is 2.13. The molecule has 0 aliphatic carbocycles. The Labute approximate surface area is 125 Å². The quantitative estimate of drug-likeness (QED) is 0.575. The Morgan fingerprint density at radius 2 is 1.94 bits per heavy atom. The first-order chi connectivity index (χ1) is 8.54. The first-order valence-electron chi connectivity index (χ1n) is 6.75. The van der Waals surface area contributed by atoms with Crippen LogP contribution in [-0.4, -0.2) is 6.04 Å². The van der Waals surface area contributed by atoms with Crippen LogP contribution in [0.3, 0.4) is 0 Å². The lowest BCUT2D eigenvalue weighted by atomic mass is 10.1. The maximum Gasteiger partial charge on any atom is 0.0991 e. The summed E-state index contributed by atoms with van der Waals surface area (Å²) in [5.41, 5.74) is 1.12. The van der Waals surface area contributed by atoms with E-state index in [1.54, 1.807) is 0 Å². The van der Waals surface area contributed by atoms with E-state index in [9.17, 15) is 0 Å². The van der Waals surface area contributed by atoms with Crippen molar-refractivity contribution in [1.82, 2.24) is 5.32 Å². The van der Waals surface area contributed by atoms with Crippen LogP contribution in [0.1, 0.15) is 64.5 Å². The molecule has 0 aromatic carbocycles.